The summed E-state index contributed by atoms with van der Waals surface area (Å²) in [7, 11) is -3.46. The number of aromatic nitrogens is 4. The van der Waals surface area contributed by atoms with Gasteiger partial charge in [0.15, 0.2) is 0 Å². The highest BCUT2D eigenvalue weighted by Gasteiger charge is 2.25. The summed E-state index contributed by atoms with van der Waals surface area (Å²) in [5, 5.41) is 8.11. The molecule has 1 aliphatic heterocycles. The maximum Gasteiger partial charge on any atom is 0.248 e. The van der Waals surface area contributed by atoms with E-state index in [1.807, 2.05) is 24.3 Å². The number of hydrogen-bond donors (Lipinski definition) is 2. The van der Waals surface area contributed by atoms with Crippen LogP contribution < -0.4 is 11.1 Å². The number of fused-ring (bicyclic) bond motifs is 1. The molecule has 31 heavy (non-hydrogen) atoms. The average molecular weight is 456 g/mol. The molecule has 0 unspecified atom stereocenters. The largest absolute Gasteiger partial charge is 0.368 e. The summed E-state index contributed by atoms with van der Waals surface area (Å²) >= 11 is 1.47. The van der Waals surface area contributed by atoms with Crippen LogP contribution in [0.1, 0.15) is 19.3 Å². The lowest BCUT2D eigenvalue weighted by molar-refractivity contribution is 0.346. The number of benzene rings is 2. The Labute approximate surface area is 183 Å². The van der Waals surface area contributed by atoms with Gasteiger partial charge in [0.2, 0.25) is 27.1 Å². The van der Waals surface area contributed by atoms with Crippen LogP contribution in [0.2, 0.25) is 0 Å². The molecule has 0 bridgehead atoms. The minimum atomic E-state index is -3.46. The van der Waals surface area contributed by atoms with Crippen molar-refractivity contribution in [2.24, 2.45) is 0 Å². The van der Waals surface area contributed by atoms with Crippen LogP contribution in [-0.2, 0) is 10.0 Å². The van der Waals surface area contributed by atoms with Crippen molar-refractivity contribution in [2.45, 2.75) is 24.2 Å². The first kappa shape index (κ1) is 19.9. The van der Waals surface area contributed by atoms with E-state index in [0.717, 1.165) is 29.5 Å². The number of nitrogens with two attached hydrogens (primary N) is 1. The van der Waals surface area contributed by atoms with Crippen LogP contribution in [0.4, 0.5) is 17.6 Å². The van der Waals surface area contributed by atoms with E-state index in [0.29, 0.717) is 29.9 Å². The number of sulfonamides is 1. The lowest BCUT2D eigenvalue weighted by Crippen LogP contribution is -2.35. The third-order valence-corrected chi connectivity index (χ3v) is 8.08. The van der Waals surface area contributed by atoms with E-state index in [1.165, 1.54) is 16.0 Å². The van der Waals surface area contributed by atoms with Crippen LogP contribution in [0.25, 0.3) is 15.3 Å². The van der Waals surface area contributed by atoms with Gasteiger partial charge in [-0.05, 0) is 49.2 Å². The summed E-state index contributed by atoms with van der Waals surface area (Å²) in [6.45, 7) is 1.16. The number of nitrogen functional groups attached to an aromatic ring is 1. The fourth-order valence-corrected chi connectivity index (χ4v) is 6.01. The van der Waals surface area contributed by atoms with Gasteiger partial charge in [-0.1, -0.05) is 29.9 Å². The van der Waals surface area contributed by atoms with E-state index in [2.05, 4.69) is 20.4 Å². The average Bonchev–Trinajstić information content (AvgIpc) is 3.37. The first-order valence-corrected chi connectivity index (χ1v) is 12.2. The first-order chi connectivity index (χ1) is 15.0. The molecule has 1 aliphatic rings. The monoisotopic (exact) mass is 455 g/mol. The Balaban J connectivity index is 1.35. The molecule has 0 atom stereocenters. The van der Waals surface area contributed by atoms with Crippen LogP contribution in [0.5, 0.6) is 0 Å². The second kappa shape index (κ2) is 7.91. The van der Waals surface area contributed by atoms with Gasteiger partial charge in [0.25, 0.3) is 0 Å². The number of rotatable bonds is 5. The zero-order valence-corrected chi connectivity index (χ0v) is 18.2. The minimum Gasteiger partial charge on any atom is -0.368 e. The summed E-state index contributed by atoms with van der Waals surface area (Å²) in [5.74, 6) is 0.522. The van der Waals surface area contributed by atoms with Gasteiger partial charge in [-0.15, -0.1) is 5.10 Å². The molecule has 4 aromatic rings. The van der Waals surface area contributed by atoms with Gasteiger partial charge in [0.1, 0.15) is 0 Å². The number of anilines is 3. The van der Waals surface area contributed by atoms with Gasteiger partial charge in [0.05, 0.1) is 15.1 Å². The molecule has 5 rings (SSSR count). The highest BCUT2D eigenvalue weighted by atomic mass is 32.2. The molecule has 2 aromatic heterocycles. The van der Waals surface area contributed by atoms with Crippen molar-refractivity contribution in [1.29, 1.82) is 0 Å². The molecule has 0 spiro atoms. The van der Waals surface area contributed by atoms with E-state index in [9.17, 15) is 8.42 Å². The molecule has 2 aromatic carbocycles. The third-order valence-electron chi connectivity index (χ3n) is 5.16. The van der Waals surface area contributed by atoms with Gasteiger partial charge in [0, 0.05) is 18.8 Å². The quantitative estimate of drug-likeness (QED) is 0.473. The van der Waals surface area contributed by atoms with E-state index >= 15 is 0 Å². The summed E-state index contributed by atoms with van der Waals surface area (Å²) < 4.78 is 29.7. The van der Waals surface area contributed by atoms with Crippen LogP contribution in [0, 0.1) is 0 Å². The van der Waals surface area contributed by atoms with Crippen molar-refractivity contribution in [2.75, 3.05) is 24.1 Å². The summed E-state index contributed by atoms with van der Waals surface area (Å²) in [5.41, 5.74) is 7.58. The molecular formula is C20H21N7O2S2. The fourth-order valence-electron chi connectivity index (χ4n) is 3.56. The standard InChI is InChI=1S/C20H21N7O2S2/c21-18-24-19(25-27(18)20-23-16-6-2-3-7-17(16)30-20)22-14-8-10-15(11-9-14)31(28,29)26-12-4-1-5-13-26/h2-3,6-11H,1,4-5,12-13H2,(H3,21,22,24,25). The second-order valence-electron chi connectivity index (χ2n) is 7.28. The van der Waals surface area contributed by atoms with Crippen molar-refractivity contribution < 1.29 is 8.42 Å². The summed E-state index contributed by atoms with van der Waals surface area (Å²) in [4.78, 5) is 9.09. The molecule has 1 fully saturated rings. The van der Waals surface area contributed by atoms with Crippen LogP contribution >= 0.6 is 11.3 Å². The second-order valence-corrected chi connectivity index (χ2v) is 10.2. The van der Waals surface area contributed by atoms with Gasteiger partial charge >= 0.3 is 0 Å². The number of piperidine rings is 1. The predicted molar refractivity (Wildman–Crippen MR) is 121 cm³/mol. The molecule has 160 valence electrons. The number of nitrogens with one attached hydrogen (secondary N) is 1. The van der Waals surface area contributed by atoms with Gasteiger partial charge in [-0.3, -0.25) is 0 Å². The zero-order chi connectivity index (χ0) is 21.4. The molecule has 0 saturated carbocycles. The molecule has 9 nitrogen and oxygen atoms in total. The van der Waals surface area contributed by atoms with Crippen LogP contribution in [0.3, 0.4) is 0 Å². The third kappa shape index (κ3) is 3.87. The zero-order valence-electron chi connectivity index (χ0n) is 16.6. The van der Waals surface area contributed by atoms with E-state index < -0.39 is 10.0 Å². The molecule has 1 saturated heterocycles. The van der Waals surface area contributed by atoms with Crippen molar-refractivity contribution in [3.05, 3.63) is 48.5 Å². The number of nitrogens with zero attached hydrogens (tertiary/aromatic N) is 5. The summed E-state index contributed by atoms with van der Waals surface area (Å²) in [6, 6.07) is 14.4. The van der Waals surface area contributed by atoms with Crippen LogP contribution in [-0.4, -0.2) is 45.6 Å². The lowest BCUT2D eigenvalue weighted by atomic mass is 10.2. The Morgan fingerprint density at radius 3 is 2.45 bits per heavy atom. The van der Waals surface area contributed by atoms with Crippen molar-refractivity contribution in [1.82, 2.24) is 24.1 Å². The normalized spacial score (nSPS) is 15.4. The molecule has 3 heterocycles. The maximum absolute atomic E-state index is 12.8. The first-order valence-electron chi connectivity index (χ1n) is 9.96. The van der Waals surface area contributed by atoms with Crippen molar-refractivity contribution >= 4 is 49.2 Å². The van der Waals surface area contributed by atoms with E-state index in [-0.39, 0.29) is 10.8 Å². The SMILES string of the molecule is Nc1nc(Nc2ccc(S(=O)(=O)N3CCCCC3)cc2)nn1-c1nc2ccccc2s1. The highest BCUT2D eigenvalue weighted by molar-refractivity contribution is 7.89. The smallest absolute Gasteiger partial charge is 0.248 e. The molecule has 3 N–H and O–H groups in total. The Bertz CT molecular complexity index is 1290. The molecular weight excluding hydrogens is 434 g/mol. The van der Waals surface area contributed by atoms with Gasteiger partial charge in [-0.25, -0.2) is 13.4 Å². The lowest BCUT2D eigenvalue weighted by Gasteiger charge is -2.25. The summed E-state index contributed by atoms with van der Waals surface area (Å²) in [6.07, 6.45) is 2.89. The Hall–Kier alpha value is -3.02. The molecule has 0 radical (unpaired) electrons. The molecule has 0 aliphatic carbocycles. The Kier molecular flexibility index (Phi) is 5.08. The molecule has 0 amide bonds. The Morgan fingerprint density at radius 2 is 1.71 bits per heavy atom. The minimum absolute atomic E-state index is 0.214. The highest BCUT2D eigenvalue weighted by Crippen LogP contribution is 2.27. The fraction of sp³-hybridized carbons (Fsp3) is 0.250. The van der Waals surface area contributed by atoms with E-state index in [1.54, 1.807) is 28.6 Å². The maximum atomic E-state index is 12.8. The number of hydrogen-bond acceptors (Lipinski definition) is 8. The van der Waals surface area contributed by atoms with Crippen LogP contribution in [0.15, 0.2) is 53.4 Å². The van der Waals surface area contributed by atoms with E-state index in [4.69, 9.17) is 5.73 Å². The Morgan fingerprint density at radius 1 is 0.968 bits per heavy atom. The predicted octanol–water partition coefficient (Wildman–Crippen LogP) is 3.38. The number of para-hydroxylation sites is 1. The van der Waals surface area contributed by atoms with Gasteiger partial charge in [-0.2, -0.15) is 14.0 Å². The van der Waals surface area contributed by atoms with Crippen molar-refractivity contribution in [3.63, 3.8) is 0 Å². The topological polar surface area (TPSA) is 119 Å². The number of thiazole rings is 1. The molecule has 11 heteroatoms. The van der Waals surface area contributed by atoms with Crippen molar-refractivity contribution in [3.8, 4) is 5.13 Å². The van der Waals surface area contributed by atoms with Gasteiger partial charge < -0.3 is 11.1 Å².